The highest BCUT2D eigenvalue weighted by molar-refractivity contribution is 5.94. The Balaban J connectivity index is 2.06. The lowest BCUT2D eigenvalue weighted by molar-refractivity contribution is 0.0955. The summed E-state index contributed by atoms with van der Waals surface area (Å²) in [7, 11) is 0. The fourth-order valence-electron chi connectivity index (χ4n) is 1.96. The Bertz CT molecular complexity index is 700. The molecule has 1 aromatic heterocycles. The molecule has 0 saturated heterocycles. The lowest BCUT2D eigenvalue weighted by atomic mass is 10.2. The second-order valence-electron chi connectivity index (χ2n) is 5.24. The van der Waals surface area contributed by atoms with Gasteiger partial charge in [-0.2, -0.15) is 5.10 Å². The van der Waals surface area contributed by atoms with Crippen molar-refractivity contribution in [3.63, 3.8) is 0 Å². The van der Waals surface area contributed by atoms with E-state index in [1.165, 1.54) is 0 Å². The number of nitrogens with zero attached hydrogens (tertiary/aromatic N) is 2. The molecule has 0 bridgehead atoms. The minimum absolute atomic E-state index is 0.0587. The van der Waals surface area contributed by atoms with Gasteiger partial charge in [-0.1, -0.05) is 0 Å². The Kier molecular flexibility index (Phi) is 6.31. The van der Waals surface area contributed by atoms with Crippen LogP contribution in [0, 0.1) is 0 Å². The third-order valence-electron chi connectivity index (χ3n) is 2.95. The normalized spacial score (nSPS) is 10.8. The van der Waals surface area contributed by atoms with Crippen molar-refractivity contribution >= 4 is 12.1 Å². The number of carbonyl (C=O) groups is 1. The second-order valence-corrected chi connectivity index (χ2v) is 5.24. The van der Waals surface area contributed by atoms with E-state index >= 15 is 0 Å². The summed E-state index contributed by atoms with van der Waals surface area (Å²) >= 11 is 0. The number of pyridine rings is 1. The maximum atomic E-state index is 11.9. The van der Waals surface area contributed by atoms with Crippen molar-refractivity contribution in [1.82, 2.24) is 10.4 Å². The van der Waals surface area contributed by atoms with Crippen LogP contribution < -0.4 is 14.9 Å². The van der Waals surface area contributed by atoms with E-state index in [0.29, 0.717) is 23.7 Å². The molecule has 1 N–H and O–H groups in total. The third kappa shape index (κ3) is 5.08. The van der Waals surface area contributed by atoms with Crippen LogP contribution >= 0.6 is 0 Å². The van der Waals surface area contributed by atoms with Crippen molar-refractivity contribution in [3.05, 3.63) is 53.9 Å². The Hall–Kier alpha value is -2.89. The minimum atomic E-state index is -0.293. The summed E-state index contributed by atoms with van der Waals surface area (Å²) in [4.78, 5) is 15.7. The number of hydrogen-bond donors (Lipinski definition) is 1. The molecule has 24 heavy (non-hydrogen) atoms. The first kappa shape index (κ1) is 17.5. The smallest absolute Gasteiger partial charge is 0.271 e. The van der Waals surface area contributed by atoms with E-state index in [9.17, 15) is 4.79 Å². The zero-order valence-corrected chi connectivity index (χ0v) is 14.0. The minimum Gasteiger partial charge on any atom is -0.490 e. The van der Waals surface area contributed by atoms with Crippen LogP contribution in [-0.4, -0.2) is 29.8 Å². The van der Waals surface area contributed by atoms with E-state index < -0.39 is 0 Å². The predicted molar refractivity (Wildman–Crippen MR) is 92.7 cm³/mol. The molecule has 126 valence electrons. The summed E-state index contributed by atoms with van der Waals surface area (Å²) in [5, 5.41) is 3.97. The largest absolute Gasteiger partial charge is 0.490 e. The van der Waals surface area contributed by atoms with Crippen molar-refractivity contribution < 1.29 is 14.3 Å². The van der Waals surface area contributed by atoms with E-state index in [2.05, 4.69) is 15.5 Å². The summed E-state index contributed by atoms with van der Waals surface area (Å²) in [6, 6.07) is 8.74. The summed E-state index contributed by atoms with van der Waals surface area (Å²) in [6.07, 6.45) is 4.73. The number of amides is 1. The molecule has 2 rings (SSSR count). The van der Waals surface area contributed by atoms with Crippen LogP contribution in [0.4, 0.5) is 0 Å². The quantitative estimate of drug-likeness (QED) is 0.627. The second kappa shape index (κ2) is 8.67. The average molecular weight is 327 g/mol. The van der Waals surface area contributed by atoms with Gasteiger partial charge < -0.3 is 9.47 Å². The Labute approximate surface area is 141 Å². The lowest BCUT2D eigenvalue weighted by Gasteiger charge is -2.14. The molecule has 0 spiro atoms. The summed E-state index contributed by atoms with van der Waals surface area (Å²) in [6.45, 7) is 6.36. The Morgan fingerprint density at radius 3 is 2.67 bits per heavy atom. The number of nitrogens with one attached hydrogen (secondary N) is 1. The van der Waals surface area contributed by atoms with Crippen molar-refractivity contribution in [2.45, 2.75) is 26.9 Å². The average Bonchev–Trinajstić information content (AvgIpc) is 2.57. The molecule has 0 fully saturated rings. The molecule has 1 aromatic carbocycles. The first-order valence-corrected chi connectivity index (χ1v) is 7.77. The van der Waals surface area contributed by atoms with Crippen LogP contribution in [0.5, 0.6) is 11.5 Å². The maximum absolute atomic E-state index is 11.9. The molecule has 0 aliphatic heterocycles. The van der Waals surface area contributed by atoms with Gasteiger partial charge in [0.2, 0.25) is 0 Å². The summed E-state index contributed by atoms with van der Waals surface area (Å²) in [5.41, 5.74) is 3.77. The monoisotopic (exact) mass is 327 g/mol. The van der Waals surface area contributed by atoms with Gasteiger partial charge >= 0.3 is 0 Å². The van der Waals surface area contributed by atoms with Crippen LogP contribution in [0.25, 0.3) is 0 Å². The van der Waals surface area contributed by atoms with E-state index in [0.717, 1.165) is 5.56 Å². The molecule has 1 amide bonds. The number of aromatic nitrogens is 1. The molecule has 0 atom stereocenters. The van der Waals surface area contributed by atoms with Crippen molar-refractivity contribution in [1.29, 1.82) is 0 Å². The maximum Gasteiger partial charge on any atom is 0.271 e. The fourth-order valence-corrected chi connectivity index (χ4v) is 1.96. The number of ether oxygens (including phenoxy) is 2. The molecule has 6 heteroatoms. The fraction of sp³-hybridized carbons (Fsp3) is 0.278. The van der Waals surface area contributed by atoms with Gasteiger partial charge in [-0.3, -0.25) is 9.78 Å². The highest BCUT2D eigenvalue weighted by atomic mass is 16.5. The number of carbonyl (C=O) groups excluding carboxylic acids is 1. The van der Waals surface area contributed by atoms with Crippen LogP contribution in [0.15, 0.2) is 47.8 Å². The predicted octanol–water partition coefficient (Wildman–Crippen LogP) is 3.03. The number of rotatable bonds is 7. The van der Waals surface area contributed by atoms with Crippen LogP contribution in [0.2, 0.25) is 0 Å². The van der Waals surface area contributed by atoms with Crippen molar-refractivity contribution in [2.24, 2.45) is 5.10 Å². The van der Waals surface area contributed by atoms with Crippen LogP contribution in [0.3, 0.4) is 0 Å². The molecule has 0 radical (unpaired) electrons. The summed E-state index contributed by atoms with van der Waals surface area (Å²) < 4.78 is 11.3. The van der Waals surface area contributed by atoms with Gasteiger partial charge in [0.15, 0.2) is 11.5 Å². The zero-order valence-electron chi connectivity index (χ0n) is 14.0. The molecule has 0 unspecified atom stereocenters. The van der Waals surface area contributed by atoms with E-state index in [1.807, 2.05) is 39.0 Å². The lowest BCUT2D eigenvalue weighted by Crippen LogP contribution is -2.17. The highest BCUT2D eigenvalue weighted by Crippen LogP contribution is 2.28. The van der Waals surface area contributed by atoms with E-state index in [-0.39, 0.29) is 12.0 Å². The first-order valence-electron chi connectivity index (χ1n) is 7.77. The summed E-state index contributed by atoms with van der Waals surface area (Å²) in [5.74, 6) is 1.04. The van der Waals surface area contributed by atoms with Crippen molar-refractivity contribution in [3.8, 4) is 11.5 Å². The topological polar surface area (TPSA) is 72.8 Å². The van der Waals surface area contributed by atoms with Crippen LogP contribution in [-0.2, 0) is 0 Å². The van der Waals surface area contributed by atoms with Gasteiger partial charge in [-0.05, 0) is 56.7 Å². The van der Waals surface area contributed by atoms with Crippen LogP contribution in [0.1, 0.15) is 36.7 Å². The van der Waals surface area contributed by atoms with Gasteiger partial charge in [0, 0.05) is 18.0 Å². The number of hydrogen-bond acceptors (Lipinski definition) is 5. The first-order chi connectivity index (χ1) is 11.6. The molecule has 1 heterocycles. The molecule has 2 aromatic rings. The number of benzene rings is 1. The number of hydrazone groups is 1. The van der Waals surface area contributed by atoms with Gasteiger partial charge in [0.1, 0.15) is 0 Å². The molecule has 0 aliphatic carbocycles. The Morgan fingerprint density at radius 1 is 1.25 bits per heavy atom. The molecule has 6 nitrogen and oxygen atoms in total. The molecular weight excluding hydrogens is 306 g/mol. The molecule has 0 aliphatic rings. The van der Waals surface area contributed by atoms with Gasteiger partial charge in [0.25, 0.3) is 5.91 Å². The van der Waals surface area contributed by atoms with Gasteiger partial charge in [-0.15, -0.1) is 0 Å². The molecule has 0 saturated carbocycles. The van der Waals surface area contributed by atoms with Gasteiger partial charge in [0.05, 0.1) is 18.9 Å². The standard InChI is InChI=1S/C18H21N3O3/c1-4-23-17-11-14(5-6-16(17)24-13(2)3)12-20-21-18(22)15-7-9-19-10-8-15/h5-13H,4H2,1-3H3,(H,21,22)/b20-12-. The van der Waals surface area contributed by atoms with E-state index in [4.69, 9.17) is 9.47 Å². The zero-order chi connectivity index (χ0) is 17.4. The van der Waals surface area contributed by atoms with Gasteiger partial charge in [-0.25, -0.2) is 5.43 Å². The SMILES string of the molecule is CCOc1cc(/C=N\NC(=O)c2ccncc2)ccc1OC(C)C. The third-order valence-corrected chi connectivity index (χ3v) is 2.95. The highest BCUT2D eigenvalue weighted by Gasteiger charge is 2.08. The molecular formula is C18H21N3O3. The van der Waals surface area contributed by atoms with Crippen molar-refractivity contribution in [2.75, 3.05) is 6.61 Å². The van der Waals surface area contributed by atoms with E-state index in [1.54, 1.807) is 30.7 Å². The Morgan fingerprint density at radius 2 is 2.00 bits per heavy atom.